The molecule has 4 nitrogen and oxygen atoms in total. The lowest BCUT2D eigenvalue weighted by atomic mass is 10.2. The van der Waals surface area contributed by atoms with Gasteiger partial charge in [0.05, 0.1) is 23.4 Å². The van der Waals surface area contributed by atoms with E-state index >= 15 is 0 Å². The second-order valence-electron chi connectivity index (χ2n) is 4.02. The van der Waals surface area contributed by atoms with Crippen molar-refractivity contribution in [2.45, 2.75) is 13.0 Å². The van der Waals surface area contributed by atoms with Crippen LogP contribution in [0.5, 0.6) is 0 Å². The molecule has 0 radical (unpaired) electrons. The van der Waals surface area contributed by atoms with Crippen LogP contribution in [-0.4, -0.2) is 37.5 Å². The Morgan fingerprint density at radius 3 is 2.88 bits per heavy atom. The number of pyridine rings is 1. The zero-order valence-electron chi connectivity index (χ0n) is 8.93. The minimum atomic E-state index is -2.86. The van der Waals surface area contributed by atoms with Crippen molar-refractivity contribution in [2.75, 3.05) is 23.0 Å². The quantitative estimate of drug-likeness (QED) is 0.788. The van der Waals surface area contributed by atoms with Gasteiger partial charge >= 0.3 is 0 Å². The third-order valence-corrected chi connectivity index (χ3v) is 4.92. The first-order valence-electron chi connectivity index (χ1n) is 5.05. The minimum absolute atomic E-state index is 0.00912. The highest BCUT2D eigenvalue weighted by Crippen LogP contribution is 2.23. The molecule has 0 bridgehead atoms. The van der Waals surface area contributed by atoms with Gasteiger partial charge in [0.15, 0.2) is 9.84 Å². The van der Waals surface area contributed by atoms with Crippen molar-refractivity contribution >= 4 is 31.5 Å². The second kappa shape index (κ2) is 4.33. The topological polar surface area (TPSA) is 50.3 Å². The highest BCUT2D eigenvalue weighted by atomic mass is 79.9. The average molecular weight is 305 g/mol. The van der Waals surface area contributed by atoms with Crippen molar-refractivity contribution in [2.24, 2.45) is 0 Å². The van der Waals surface area contributed by atoms with Gasteiger partial charge in [0.1, 0.15) is 0 Å². The summed E-state index contributed by atoms with van der Waals surface area (Å²) < 4.78 is 23.8. The van der Waals surface area contributed by atoms with Crippen molar-refractivity contribution in [3.05, 3.63) is 22.9 Å². The molecule has 1 aromatic heterocycles. The van der Waals surface area contributed by atoms with E-state index in [1.165, 1.54) is 0 Å². The van der Waals surface area contributed by atoms with Crippen LogP contribution in [0.25, 0.3) is 0 Å². The number of hydrogen-bond acceptors (Lipinski definition) is 4. The van der Waals surface area contributed by atoms with E-state index in [1.54, 1.807) is 12.4 Å². The Bertz CT molecular complexity index is 489. The van der Waals surface area contributed by atoms with Crippen LogP contribution < -0.4 is 4.90 Å². The van der Waals surface area contributed by atoms with Crippen LogP contribution in [0.1, 0.15) is 6.92 Å². The third kappa shape index (κ3) is 2.55. The lowest BCUT2D eigenvalue weighted by molar-refractivity contribution is 0.568. The van der Waals surface area contributed by atoms with Crippen molar-refractivity contribution in [1.29, 1.82) is 0 Å². The van der Waals surface area contributed by atoms with Crippen LogP contribution >= 0.6 is 15.9 Å². The molecule has 0 aromatic carbocycles. The first-order valence-corrected chi connectivity index (χ1v) is 7.67. The van der Waals surface area contributed by atoms with Crippen LogP contribution in [0.4, 0.5) is 5.69 Å². The van der Waals surface area contributed by atoms with Crippen LogP contribution in [0.2, 0.25) is 0 Å². The van der Waals surface area contributed by atoms with Gasteiger partial charge < -0.3 is 4.90 Å². The van der Waals surface area contributed by atoms with Crippen LogP contribution in [0, 0.1) is 0 Å². The molecule has 2 rings (SSSR count). The molecule has 0 spiro atoms. The minimum Gasteiger partial charge on any atom is -0.366 e. The highest BCUT2D eigenvalue weighted by molar-refractivity contribution is 9.10. The molecule has 1 aliphatic heterocycles. The Morgan fingerprint density at radius 1 is 1.50 bits per heavy atom. The Labute approximate surface area is 104 Å². The molecule has 0 saturated carbocycles. The fourth-order valence-electron chi connectivity index (χ4n) is 1.94. The molecule has 6 heteroatoms. The van der Waals surface area contributed by atoms with Crippen molar-refractivity contribution in [3.63, 3.8) is 0 Å². The molecule has 0 N–H and O–H groups in total. The fourth-order valence-corrected chi connectivity index (χ4v) is 3.85. The van der Waals surface area contributed by atoms with Gasteiger partial charge in [0, 0.05) is 23.3 Å². The molecule has 2 heterocycles. The van der Waals surface area contributed by atoms with Crippen LogP contribution in [0.3, 0.4) is 0 Å². The third-order valence-electron chi connectivity index (χ3n) is 2.69. The molecule has 0 aliphatic carbocycles. The lowest BCUT2D eigenvalue weighted by Gasteiger charge is -2.34. The number of rotatable bonds is 1. The van der Waals surface area contributed by atoms with Gasteiger partial charge in [-0.15, -0.1) is 0 Å². The van der Waals surface area contributed by atoms with Gasteiger partial charge in [-0.3, -0.25) is 4.98 Å². The summed E-state index contributed by atoms with van der Waals surface area (Å²) in [7, 11) is -2.86. The van der Waals surface area contributed by atoms with Gasteiger partial charge in [0.2, 0.25) is 0 Å². The van der Waals surface area contributed by atoms with E-state index in [0.29, 0.717) is 6.54 Å². The van der Waals surface area contributed by atoms with Crippen LogP contribution in [0.15, 0.2) is 22.9 Å². The summed E-state index contributed by atoms with van der Waals surface area (Å²) in [6.07, 6.45) is 3.48. The molecule has 1 aliphatic rings. The molecule has 1 unspecified atom stereocenters. The standard InChI is InChI=1S/C10H13BrN2O2S/c1-8-7-16(14,15)3-2-13(8)10-4-9(11)5-12-6-10/h4-6,8H,2-3,7H2,1H3. The van der Waals surface area contributed by atoms with Crippen molar-refractivity contribution in [3.8, 4) is 0 Å². The fraction of sp³-hybridized carbons (Fsp3) is 0.500. The summed E-state index contributed by atoms with van der Waals surface area (Å²) in [6.45, 7) is 2.47. The Morgan fingerprint density at radius 2 is 2.25 bits per heavy atom. The first-order chi connectivity index (χ1) is 7.48. The maximum Gasteiger partial charge on any atom is 0.154 e. The first kappa shape index (κ1) is 11.9. The monoisotopic (exact) mass is 304 g/mol. The summed E-state index contributed by atoms with van der Waals surface area (Å²) in [5.41, 5.74) is 0.969. The summed E-state index contributed by atoms with van der Waals surface area (Å²) in [5.74, 6) is 0.448. The number of aromatic nitrogens is 1. The van der Waals surface area contributed by atoms with Crippen LogP contribution in [-0.2, 0) is 9.84 Å². The second-order valence-corrected chi connectivity index (χ2v) is 7.16. The molecule has 0 amide bonds. The van der Waals surface area contributed by atoms with E-state index < -0.39 is 9.84 Å². The van der Waals surface area contributed by atoms with Gasteiger partial charge in [-0.2, -0.15) is 0 Å². The summed E-state index contributed by atoms with van der Waals surface area (Å²) >= 11 is 3.36. The smallest absolute Gasteiger partial charge is 0.154 e. The highest BCUT2D eigenvalue weighted by Gasteiger charge is 2.28. The van der Waals surface area contributed by atoms with Crippen molar-refractivity contribution in [1.82, 2.24) is 4.98 Å². The largest absolute Gasteiger partial charge is 0.366 e. The predicted molar refractivity (Wildman–Crippen MR) is 67.4 cm³/mol. The van der Waals surface area contributed by atoms with Gasteiger partial charge in [-0.25, -0.2) is 8.42 Å². The Hall–Kier alpha value is -0.620. The number of halogens is 1. The molecular formula is C10H13BrN2O2S. The lowest BCUT2D eigenvalue weighted by Crippen LogP contribution is -2.47. The van der Waals surface area contributed by atoms with Gasteiger partial charge in [-0.05, 0) is 28.9 Å². The van der Waals surface area contributed by atoms with E-state index in [-0.39, 0.29) is 17.5 Å². The zero-order chi connectivity index (χ0) is 11.8. The van der Waals surface area contributed by atoms with E-state index in [9.17, 15) is 8.42 Å². The average Bonchev–Trinajstić information content (AvgIpc) is 2.15. The predicted octanol–water partition coefficient (Wildman–Crippen LogP) is 1.47. The van der Waals surface area contributed by atoms with E-state index in [2.05, 4.69) is 25.8 Å². The molecule has 1 atom stereocenters. The summed E-state index contributed by atoms with van der Waals surface area (Å²) in [6, 6.07) is 1.97. The maximum absolute atomic E-state index is 11.5. The van der Waals surface area contributed by atoms with E-state index in [0.717, 1.165) is 10.2 Å². The summed E-state index contributed by atoms with van der Waals surface area (Å²) in [5, 5.41) is 0. The number of anilines is 1. The molecule has 1 aromatic rings. The number of hydrogen-bond donors (Lipinski definition) is 0. The van der Waals surface area contributed by atoms with E-state index in [1.807, 2.05) is 13.0 Å². The molecule has 1 fully saturated rings. The number of sulfone groups is 1. The van der Waals surface area contributed by atoms with E-state index in [4.69, 9.17) is 0 Å². The van der Waals surface area contributed by atoms with Gasteiger partial charge in [0.25, 0.3) is 0 Å². The SMILES string of the molecule is CC1CS(=O)(=O)CCN1c1cncc(Br)c1. The molecule has 16 heavy (non-hydrogen) atoms. The molecular weight excluding hydrogens is 292 g/mol. The normalized spacial score (nSPS) is 24.4. The van der Waals surface area contributed by atoms with Crippen molar-refractivity contribution < 1.29 is 8.42 Å². The zero-order valence-corrected chi connectivity index (χ0v) is 11.3. The molecule has 88 valence electrons. The van der Waals surface area contributed by atoms with Gasteiger partial charge in [-0.1, -0.05) is 0 Å². The molecule has 1 saturated heterocycles. The maximum atomic E-state index is 11.5. The summed E-state index contributed by atoms with van der Waals surface area (Å²) in [4.78, 5) is 6.17. The Kier molecular flexibility index (Phi) is 3.21. The Balaban J connectivity index is 2.24. The number of nitrogens with zero attached hydrogens (tertiary/aromatic N) is 2.